The molecular formula is C38H46N6O4. The maximum Gasteiger partial charge on any atom is 0.264 e. The first kappa shape index (κ1) is 34.7. The van der Waals surface area contributed by atoms with Crippen molar-refractivity contribution in [3.05, 3.63) is 107 Å². The van der Waals surface area contributed by atoms with E-state index in [2.05, 4.69) is 43.2 Å². The fourth-order valence-corrected chi connectivity index (χ4v) is 6.10. The van der Waals surface area contributed by atoms with Gasteiger partial charge in [-0.05, 0) is 63.8 Å². The van der Waals surface area contributed by atoms with Crippen LogP contribution in [0.2, 0.25) is 0 Å². The van der Waals surface area contributed by atoms with Crippen molar-refractivity contribution in [3.63, 3.8) is 0 Å². The molecule has 0 unspecified atom stereocenters. The summed E-state index contributed by atoms with van der Waals surface area (Å²) in [7, 11) is 0. The Morgan fingerprint density at radius 1 is 1.04 bits per heavy atom. The molecule has 0 bridgehead atoms. The second kappa shape index (κ2) is 15.5. The minimum atomic E-state index is -1.85. The third-order valence-corrected chi connectivity index (χ3v) is 8.91. The number of aliphatic hydroxyl groups is 2. The number of aryl methyl sites for hydroxylation is 1. The quantitative estimate of drug-likeness (QED) is 0.211. The van der Waals surface area contributed by atoms with Crippen LogP contribution in [0.25, 0.3) is 0 Å². The molecule has 0 aliphatic carbocycles. The van der Waals surface area contributed by atoms with Crippen molar-refractivity contribution in [2.75, 3.05) is 23.1 Å². The highest BCUT2D eigenvalue weighted by atomic mass is 16.3. The van der Waals surface area contributed by atoms with Gasteiger partial charge in [-0.1, -0.05) is 77.9 Å². The predicted molar refractivity (Wildman–Crippen MR) is 189 cm³/mol. The Hall–Kier alpha value is -4.67. The van der Waals surface area contributed by atoms with Crippen LogP contribution in [0.15, 0.2) is 95.3 Å². The van der Waals surface area contributed by atoms with Crippen molar-refractivity contribution in [1.29, 1.82) is 0 Å². The third kappa shape index (κ3) is 7.72. The van der Waals surface area contributed by atoms with Gasteiger partial charge in [0, 0.05) is 56.6 Å². The first-order chi connectivity index (χ1) is 23.1. The number of fused-ring (bicyclic) bond motifs is 1. The van der Waals surface area contributed by atoms with Gasteiger partial charge in [0.1, 0.15) is 0 Å². The van der Waals surface area contributed by atoms with Crippen LogP contribution in [0.5, 0.6) is 0 Å². The molecule has 2 aliphatic rings. The largest absolute Gasteiger partial charge is 0.396 e. The first-order valence-electron chi connectivity index (χ1n) is 16.7. The fourth-order valence-electron chi connectivity index (χ4n) is 6.10. The van der Waals surface area contributed by atoms with Crippen molar-refractivity contribution < 1.29 is 19.8 Å². The molecule has 252 valence electrons. The number of aliphatic hydroxyl groups excluding tert-OH is 1. The average Bonchev–Trinajstić information content (AvgIpc) is 3.62. The molecule has 0 fully saturated rings. The molecule has 3 heterocycles. The van der Waals surface area contributed by atoms with E-state index < -0.39 is 17.4 Å². The smallest absolute Gasteiger partial charge is 0.264 e. The molecule has 2 aliphatic heterocycles. The molecule has 2 N–H and O–H groups in total. The van der Waals surface area contributed by atoms with Crippen LogP contribution in [0.1, 0.15) is 76.6 Å². The van der Waals surface area contributed by atoms with Gasteiger partial charge in [0.2, 0.25) is 5.91 Å². The normalized spacial score (nSPS) is 18.8. The zero-order chi connectivity index (χ0) is 34.3. The third-order valence-electron chi connectivity index (χ3n) is 8.91. The maximum absolute atomic E-state index is 14.2. The second-order valence-electron chi connectivity index (χ2n) is 12.8. The minimum Gasteiger partial charge on any atom is -0.396 e. The summed E-state index contributed by atoms with van der Waals surface area (Å²) in [6.07, 6.45) is 13.6. The Kier molecular flexibility index (Phi) is 11.2. The van der Waals surface area contributed by atoms with Crippen LogP contribution in [0, 0.1) is 5.92 Å². The minimum absolute atomic E-state index is 0.0145. The Balaban J connectivity index is 1.44. The lowest BCUT2D eigenvalue weighted by atomic mass is 9.82. The van der Waals surface area contributed by atoms with Gasteiger partial charge in [-0.25, -0.2) is 5.01 Å². The van der Waals surface area contributed by atoms with E-state index in [9.17, 15) is 14.7 Å². The number of hydrogen-bond acceptors (Lipinski definition) is 7. The summed E-state index contributed by atoms with van der Waals surface area (Å²) >= 11 is 0. The number of hydrogen-bond donors (Lipinski definition) is 2. The molecular weight excluding hydrogens is 604 g/mol. The molecule has 0 saturated carbocycles. The van der Waals surface area contributed by atoms with Gasteiger partial charge < -0.3 is 15.1 Å². The average molecular weight is 651 g/mol. The van der Waals surface area contributed by atoms with E-state index in [4.69, 9.17) is 10.2 Å². The summed E-state index contributed by atoms with van der Waals surface area (Å²) < 4.78 is 1.71. The number of amides is 2. The van der Waals surface area contributed by atoms with Gasteiger partial charge in [-0.2, -0.15) is 5.10 Å². The van der Waals surface area contributed by atoms with E-state index in [-0.39, 0.29) is 12.5 Å². The molecule has 0 spiro atoms. The highest BCUT2D eigenvalue weighted by Gasteiger charge is 2.52. The number of hydrazone groups is 1. The number of anilines is 2. The van der Waals surface area contributed by atoms with Crippen LogP contribution in [0.3, 0.4) is 0 Å². The highest BCUT2D eigenvalue weighted by Crippen LogP contribution is 2.47. The summed E-state index contributed by atoms with van der Waals surface area (Å²) in [6.45, 7) is 8.97. The van der Waals surface area contributed by atoms with Crippen molar-refractivity contribution in [2.45, 2.75) is 78.4 Å². The zero-order valence-electron chi connectivity index (χ0n) is 28.3. The SMILES string of the molecule is CC(C)=CCC/C(C)=C/CN1C(=O)[C@](O)([C@H](C)/C=C/CCn2cc(CCO)nn2)c2cc(N3N=C(c4ccccc4)CCC3=O)ccc21. The Bertz CT molecular complexity index is 1740. The van der Waals surface area contributed by atoms with E-state index in [0.29, 0.717) is 55.7 Å². The van der Waals surface area contributed by atoms with Crippen molar-refractivity contribution in [3.8, 4) is 0 Å². The monoisotopic (exact) mass is 650 g/mol. The van der Waals surface area contributed by atoms with E-state index >= 15 is 0 Å². The summed E-state index contributed by atoms with van der Waals surface area (Å²) in [5, 5.41) is 35.8. The number of benzene rings is 2. The number of carbonyl (C=O) groups excluding carboxylic acids is 2. The van der Waals surface area contributed by atoms with Gasteiger partial charge >= 0.3 is 0 Å². The standard InChI is InChI=1S/C38H46N6O4/c1-27(2)11-10-12-28(3)20-23-43-35-18-16-32(44-36(46)19-17-34(40-44)30-14-6-5-7-15-30)25-33(35)38(48,37(43)47)29(4)13-8-9-22-42-26-31(21-24-45)39-41-42/h5-8,11,13-16,18,20,25-26,29,45,48H,9-10,12,17,19,21-24H2,1-4H3/b13-8+,28-20+/t29-,38+/m1/s1. The number of allylic oxidation sites excluding steroid dienone is 4. The lowest BCUT2D eigenvalue weighted by Crippen LogP contribution is -2.44. The summed E-state index contributed by atoms with van der Waals surface area (Å²) in [5.41, 5.74) is 4.66. The van der Waals surface area contributed by atoms with E-state index in [1.165, 1.54) is 16.2 Å². The molecule has 2 atom stereocenters. The van der Waals surface area contributed by atoms with E-state index in [1.54, 1.807) is 27.9 Å². The van der Waals surface area contributed by atoms with Crippen LogP contribution in [-0.4, -0.2) is 55.9 Å². The fraction of sp³-hybridized carbons (Fsp3) is 0.395. The van der Waals surface area contributed by atoms with E-state index in [0.717, 1.165) is 29.8 Å². The molecule has 2 aromatic carbocycles. The van der Waals surface area contributed by atoms with Gasteiger partial charge in [-0.3, -0.25) is 14.3 Å². The number of rotatable bonds is 14. The summed E-state index contributed by atoms with van der Waals surface area (Å²) in [5.74, 6) is -1.12. The number of carbonyl (C=O) groups is 2. The molecule has 0 radical (unpaired) electrons. The molecule has 2 amide bonds. The summed E-state index contributed by atoms with van der Waals surface area (Å²) in [6, 6.07) is 15.2. The van der Waals surface area contributed by atoms with Gasteiger partial charge in [0.15, 0.2) is 5.60 Å². The molecule has 3 aromatic rings. The Morgan fingerprint density at radius 3 is 2.58 bits per heavy atom. The molecule has 10 heteroatoms. The van der Waals surface area contributed by atoms with Gasteiger partial charge in [0.25, 0.3) is 5.91 Å². The zero-order valence-corrected chi connectivity index (χ0v) is 28.3. The Morgan fingerprint density at radius 2 is 1.83 bits per heavy atom. The van der Waals surface area contributed by atoms with Crippen LogP contribution >= 0.6 is 0 Å². The first-order valence-corrected chi connectivity index (χ1v) is 16.7. The van der Waals surface area contributed by atoms with E-state index in [1.807, 2.05) is 55.5 Å². The van der Waals surface area contributed by atoms with Crippen molar-refractivity contribution >= 4 is 28.9 Å². The van der Waals surface area contributed by atoms with Gasteiger partial charge in [-0.15, -0.1) is 5.10 Å². The number of nitrogens with zero attached hydrogens (tertiary/aromatic N) is 6. The maximum atomic E-state index is 14.2. The topological polar surface area (TPSA) is 124 Å². The molecule has 48 heavy (non-hydrogen) atoms. The van der Waals surface area contributed by atoms with Crippen molar-refractivity contribution in [1.82, 2.24) is 15.0 Å². The summed E-state index contributed by atoms with van der Waals surface area (Å²) in [4.78, 5) is 29.0. The Labute approximate surface area is 282 Å². The van der Waals surface area contributed by atoms with Crippen LogP contribution < -0.4 is 9.91 Å². The van der Waals surface area contributed by atoms with Crippen LogP contribution in [-0.2, 0) is 28.2 Å². The van der Waals surface area contributed by atoms with Crippen molar-refractivity contribution in [2.24, 2.45) is 11.0 Å². The number of aromatic nitrogens is 3. The van der Waals surface area contributed by atoms with Gasteiger partial charge in [0.05, 0.1) is 22.8 Å². The predicted octanol–water partition coefficient (Wildman–Crippen LogP) is 5.85. The molecule has 0 saturated heterocycles. The second-order valence-corrected chi connectivity index (χ2v) is 12.8. The molecule has 10 nitrogen and oxygen atoms in total. The lowest BCUT2D eigenvalue weighted by Gasteiger charge is -2.28. The highest BCUT2D eigenvalue weighted by molar-refractivity contribution is 6.10. The van der Waals surface area contributed by atoms with Crippen LogP contribution in [0.4, 0.5) is 11.4 Å². The molecule has 5 rings (SSSR count). The molecule has 1 aromatic heterocycles. The lowest BCUT2D eigenvalue weighted by molar-refractivity contribution is -0.139.